The molecule has 1 spiro atoms. The second kappa shape index (κ2) is 5.87. The van der Waals surface area contributed by atoms with Crippen LogP contribution in [0.5, 0.6) is 0 Å². The topological polar surface area (TPSA) is 49.4 Å². The molecular formula is C18H26N2O2S. The number of nitrogens with zero attached hydrogens (tertiary/aromatic N) is 1. The lowest BCUT2D eigenvalue weighted by atomic mass is 9.59. The van der Waals surface area contributed by atoms with E-state index in [9.17, 15) is 8.42 Å². The van der Waals surface area contributed by atoms with Gasteiger partial charge in [0.05, 0.1) is 4.90 Å². The molecule has 1 atom stereocenters. The van der Waals surface area contributed by atoms with Gasteiger partial charge in [0.2, 0.25) is 10.0 Å². The predicted octanol–water partition coefficient (Wildman–Crippen LogP) is 2.62. The third-order valence-corrected chi connectivity index (χ3v) is 7.57. The lowest BCUT2D eigenvalue weighted by Gasteiger charge is -2.54. The van der Waals surface area contributed by atoms with Gasteiger partial charge in [0.25, 0.3) is 0 Å². The van der Waals surface area contributed by atoms with Crippen LogP contribution in [0.25, 0.3) is 0 Å². The second-order valence-corrected chi connectivity index (χ2v) is 9.35. The summed E-state index contributed by atoms with van der Waals surface area (Å²) in [6.07, 6.45) is 7.24. The first kappa shape index (κ1) is 15.6. The molecule has 2 aliphatic carbocycles. The van der Waals surface area contributed by atoms with E-state index in [1.54, 1.807) is 24.3 Å². The highest BCUT2D eigenvalue weighted by Crippen LogP contribution is 2.50. The standard InChI is InChI=1S/C18H26N2O2S/c21-23(22,16-4-2-1-3-5-16)19-17-8-9-18(17)10-12-20(13-11-18)14-15-6-7-15/h1-5,15,17,19H,6-14H2/t17-/m0/s1. The lowest BCUT2D eigenvalue weighted by Crippen LogP contribution is -2.59. The molecule has 126 valence electrons. The van der Waals surface area contributed by atoms with Crippen LogP contribution < -0.4 is 4.72 Å². The zero-order valence-corrected chi connectivity index (χ0v) is 14.4. The molecular weight excluding hydrogens is 308 g/mol. The largest absolute Gasteiger partial charge is 0.303 e. The van der Waals surface area contributed by atoms with Gasteiger partial charge in [-0.05, 0) is 75.1 Å². The van der Waals surface area contributed by atoms with Gasteiger partial charge in [-0.25, -0.2) is 13.1 Å². The molecule has 1 heterocycles. The van der Waals surface area contributed by atoms with Gasteiger partial charge in [-0.3, -0.25) is 0 Å². The molecule has 23 heavy (non-hydrogen) atoms. The molecule has 1 aromatic carbocycles. The highest BCUT2D eigenvalue weighted by atomic mass is 32.2. The molecule has 4 nitrogen and oxygen atoms in total. The SMILES string of the molecule is O=S(=O)(N[C@H]1CCC12CCN(CC1CC1)CC2)c1ccccc1. The summed E-state index contributed by atoms with van der Waals surface area (Å²) in [4.78, 5) is 2.97. The summed E-state index contributed by atoms with van der Waals surface area (Å²) in [7, 11) is -3.38. The summed E-state index contributed by atoms with van der Waals surface area (Å²) in [6, 6.07) is 8.87. The number of benzene rings is 1. The maximum Gasteiger partial charge on any atom is 0.240 e. The minimum absolute atomic E-state index is 0.121. The highest BCUT2D eigenvalue weighted by Gasteiger charge is 2.49. The number of hydrogen-bond acceptors (Lipinski definition) is 3. The third kappa shape index (κ3) is 3.19. The van der Waals surface area contributed by atoms with Crippen LogP contribution in [0.15, 0.2) is 35.2 Å². The van der Waals surface area contributed by atoms with E-state index >= 15 is 0 Å². The fourth-order valence-corrected chi connectivity index (χ4v) is 5.57. The quantitative estimate of drug-likeness (QED) is 0.900. The minimum Gasteiger partial charge on any atom is -0.303 e. The average Bonchev–Trinajstić information content (AvgIpc) is 3.37. The van der Waals surface area contributed by atoms with E-state index in [-0.39, 0.29) is 11.5 Å². The van der Waals surface area contributed by atoms with Crippen LogP contribution >= 0.6 is 0 Å². The van der Waals surface area contributed by atoms with E-state index < -0.39 is 10.0 Å². The lowest BCUT2D eigenvalue weighted by molar-refractivity contribution is 0.00188. The van der Waals surface area contributed by atoms with Crippen LogP contribution in [-0.4, -0.2) is 39.0 Å². The Kier molecular flexibility index (Phi) is 3.98. The predicted molar refractivity (Wildman–Crippen MR) is 90.6 cm³/mol. The van der Waals surface area contributed by atoms with Crippen molar-refractivity contribution in [2.45, 2.75) is 49.5 Å². The Bertz CT molecular complexity index is 647. The Hall–Kier alpha value is -0.910. The first-order chi connectivity index (χ1) is 11.1. The summed E-state index contributed by atoms with van der Waals surface area (Å²) in [6.45, 7) is 3.54. The van der Waals surface area contributed by atoms with Gasteiger partial charge in [0.1, 0.15) is 0 Å². The Labute approximate surface area is 139 Å². The van der Waals surface area contributed by atoms with E-state index in [1.807, 2.05) is 6.07 Å². The van der Waals surface area contributed by atoms with Crippen LogP contribution in [0.3, 0.4) is 0 Å². The van der Waals surface area contributed by atoms with Crippen LogP contribution in [0.4, 0.5) is 0 Å². The monoisotopic (exact) mass is 334 g/mol. The van der Waals surface area contributed by atoms with Crippen LogP contribution in [-0.2, 0) is 10.0 Å². The fourth-order valence-electron chi connectivity index (χ4n) is 4.18. The Balaban J connectivity index is 1.39. The Morgan fingerprint density at radius 1 is 1.04 bits per heavy atom. The first-order valence-electron chi connectivity index (χ1n) is 8.87. The molecule has 5 heteroatoms. The third-order valence-electron chi connectivity index (χ3n) is 6.09. The van der Waals surface area contributed by atoms with Gasteiger partial charge in [0.15, 0.2) is 0 Å². The zero-order valence-electron chi connectivity index (χ0n) is 13.6. The van der Waals surface area contributed by atoms with Gasteiger partial charge >= 0.3 is 0 Å². The molecule has 2 saturated carbocycles. The van der Waals surface area contributed by atoms with Crippen molar-refractivity contribution in [3.8, 4) is 0 Å². The number of sulfonamides is 1. The molecule has 0 radical (unpaired) electrons. The van der Waals surface area contributed by atoms with Crippen LogP contribution in [0.1, 0.15) is 38.5 Å². The van der Waals surface area contributed by atoms with Crippen molar-refractivity contribution in [2.75, 3.05) is 19.6 Å². The molecule has 0 amide bonds. The van der Waals surface area contributed by atoms with Gasteiger partial charge in [-0.2, -0.15) is 0 Å². The molecule has 0 unspecified atom stereocenters. The molecule has 3 fully saturated rings. The summed E-state index contributed by atoms with van der Waals surface area (Å²) >= 11 is 0. The number of rotatable bonds is 5. The van der Waals surface area contributed by atoms with Crippen molar-refractivity contribution in [3.63, 3.8) is 0 Å². The zero-order chi connectivity index (χ0) is 15.9. The molecule has 1 N–H and O–H groups in total. The normalized spacial score (nSPS) is 27.7. The van der Waals surface area contributed by atoms with Crippen molar-refractivity contribution in [2.24, 2.45) is 11.3 Å². The smallest absolute Gasteiger partial charge is 0.240 e. The van der Waals surface area contributed by atoms with E-state index in [1.165, 1.54) is 25.8 Å². The summed E-state index contributed by atoms with van der Waals surface area (Å²) in [5.74, 6) is 0.942. The number of hydrogen-bond donors (Lipinski definition) is 1. The molecule has 3 aliphatic rings. The number of piperidine rings is 1. The maximum atomic E-state index is 12.6. The van der Waals surface area contributed by atoms with Crippen molar-refractivity contribution in [1.29, 1.82) is 0 Å². The van der Waals surface area contributed by atoms with Gasteiger partial charge in [-0.1, -0.05) is 18.2 Å². The van der Waals surface area contributed by atoms with Gasteiger partial charge in [-0.15, -0.1) is 0 Å². The highest BCUT2D eigenvalue weighted by molar-refractivity contribution is 7.89. The van der Waals surface area contributed by atoms with E-state index in [4.69, 9.17) is 0 Å². The minimum atomic E-state index is -3.38. The Morgan fingerprint density at radius 3 is 2.30 bits per heavy atom. The van der Waals surface area contributed by atoms with Crippen LogP contribution in [0, 0.1) is 11.3 Å². The van der Waals surface area contributed by atoms with Crippen LogP contribution in [0.2, 0.25) is 0 Å². The molecule has 1 aliphatic heterocycles. The fraction of sp³-hybridized carbons (Fsp3) is 0.667. The van der Waals surface area contributed by atoms with E-state index in [0.717, 1.165) is 38.3 Å². The van der Waals surface area contributed by atoms with Crippen molar-refractivity contribution >= 4 is 10.0 Å². The Morgan fingerprint density at radius 2 is 1.74 bits per heavy atom. The van der Waals surface area contributed by atoms with Crippen molar-refractivity contribution < 1.29 is 8.42 Å². The average molecular weight is 334 g/mol. The van der Waals surface area contributed by atoms with Gasteiger partial charge in [0, 0.05) is 12.6 Å². The molecule has 1 saturated heterocycles. The molecule has 1 aromatic rings. The summed E-state index contributed by atoms with van der Waals surface area (Å²) < 4.78 is 28.1. The molecule has 0 bridgehead atoms. The van der Waals surface area contributed by atoms with Gasteiger partial charge < -0.3 is 4.90 Å². The molecule has 0 aromatic heterocycles. The molecule has 4 rings (SSSR count). The number of nitrogens with one attached hydrogen (secondary N) is 1. The maximum absolute atomic E-state index is 12.6. The summed E-state index contributed by atoms with van der Waals surface area (Å²) in [5.41, 5.74) is 0.210. The second-order valence-electron chi connectivity index (χ2n) is 7.63. The van der Waals surface area contributed by atoms with Crippen molar-refractivity contribution in [3.05, 3.63) is 30.3 Å². The summed E-state index contributed by atoms with van der Waals surface area (Å²) in [5, 5.41) is 0. The van der Waals surface area contributed by atoms with Crippen molar-refractivity contribution in [1.82, 2.24) is 9.62 Å². The first-order valence-corrected chi connectivity index (χ1v) is 10.4. The van der Waals surface area contributed by atoms with E-state index in [0.29, 0.717) is 4.90 Å². The van der Waals surface area contributed by atoms with E-state index in [2.05, 4.69) is 9.62 Å². The number of likely N-dealkylation sites (tertiary alicyclic amines) is 1.